The maximum Gasteiger partial charge on any atom is 0.237 e. The molecule has 0 radical (unpaired) electrons. The molecular formula is C14H22N2O2. The van der Waals surface area contributed by atoms with Crippen LogP contribution in [0.2, 0.25) is 0 Å². The highest BCUT2D eigenvalue weighted by Gasteiger charge is 2.15. The van der Waals surface area contributed by atoms with E-state index < -0.39 is 6.04 Å². The molecule has 1 aromatic rings. The van der Waals surface area contributed by atoms with Crippen LogP contribution < -0.4 is 11.1 Å². The topological polar surface area (TPSA) is 75.3 Å². The highest BCUT2D eigenvalue weighted by atomic mass is 16.3. The van der Waals surface area contributed by atoms with Crippen molar-refractivity contribution in [2.75, 3.05) is 6.61 Å². The average molecular weight is 250 g/mol. The first-order valence-corrected chi connectivity index (χ1v) is 6.34. The van der Waals surface area contributed by atoms with E-state index >= 15 is 0 Å². The Morgan fingerprint density at radius 3 is 2.67 bits per heavy atom. The Balaban J connectivity index is 2.37. The summed E-state index contributed by atoms with van der Waals surface area (Å²) in [5.74, 6) is -0.135. The van der Waals surface area contributed by atoms with E-state index in [2.05, 4.69) is 5.32 Å². The second kappa shape index (κ2) is 7.84. The second-order valence-electron chi connectivity index (χ2n) is 4.57. The summed E-state index contributed by atoms with van der Waals surface area (Å²) in [6, 6.07) is 9.25. The van der Waals surface area contributed by atoms with Gasteiger partial charge in [0.1, 0.15) is 0 Å². The molecule has 0 spiro atoms. The normalized spacial score (nSPS) is 13.9. The maximum absolute atomic E-state index is 11.8. The van der Waals surface area contributed by atoms with E-state index in [1.807, 2.05) is 37.3 Å². The van der Waals surface area contributed by atoms with Crippen LogP contribution in [-0.4, -0.2) is 29.7 Å². The molecule has 0 aliphatic heterocycles. The summed E-state index contributed by atoms with van der Waals surface area (Å²) < 4.78 is 0. The molecule has 0 saturated heterocycles. The van der Waals surface area contributed by atoms with E-state index in [1.54, 1.807) is 0 Å². The van der Waals surface area contributed by atoms with Gasteiger partial charge in [0.2, 0.25) is 5.91 Å². The molecule has 1 aromatic carbocycles. The largest absolute Gasteiger partial charge is 0.396 e. The molecule has 18 heavy (non-hydrogen) atoms. The lowest BCUT2D eigenvalue weighted by atomic mass is 10.1. The van der Waals surface area contributed by atoms with E-state index in [0.29, 0.717) is 12.8 Å². The number of aliphatic hydroxyl groups excluding tert-OH is 1. The zero-order valence-corrected chi connectivity index (χ0v) is 10.8. The summed E-state index contributed by atoms with van der Waals surface area (Å²) in [4.78, 5) is 11.8. The first-order chi connectivity index (χ1) is 8.63. The predicted octanol–water partition coefficient (Wildman–Crippen LogP) is 0.834. The number of carbonyl (C=O) groups is 1. The summed E-state index contributed by atoms with van der Waals surface area (Å²) in [7, 11) is 0. The molecule has 4 nitrogen and oxygen atoms in total. The lowest BCUT2D eigenvalue weighted by molar-refractivity contribution is -0.123. The van der Waals surface area contributed by atoms with Crippen LogP contribution in [0, 0.1) is 0 Å². The van der Waals surface area contributed by atoms with Gasteiger partial charge in [0.05, 0.1) is 6.04 Å². The molecule has 1 rings (SSSR count). The van der Waals surface area contributed by atoms with E-state index in [-0.39, 0.29) is 18.6 Å². The van der Waals surface area contributed by atoms with Gasteiger partial charge in [-0.25, -0.2) is 0 Å². The van der Waals surface area contributed by atoms with E-state index in [0.717, 1.165) is 12.0 Å². The van der Waals surface area contributed by atoms with Gasteiger partial charge in [-0.3, -0.25) is 4.79 Å². The molecule has 0 aromatic heterocycles. The van der Waals surface area contributed by atoms with Gasteiger partial charge in [0, 0.05) is 12.6 Å². The van der Waals surface area contributed by atoms with Crippen LogP contribution in [0.1, 0.15) is 25.3 Å². The smallest absolute Gasteiger partial charge is 0.237 e. The monoisotopic (exact) mass is 250 g/mol. The van der Waals surface area contributed by atoms with Crippen LogP contribution in [0.15, 0.2) is 30.3 Å². The molecule has 0 bridgehead atoms. The van der Waals surface area contributed by atoms with Crippen LogP contribution in [0.25, 0.3) is 0 Å². The van der Waals surface area contributed by atoms with Gasteiger partial charge >= 0.3 is 0 Å². The number of rotatable bonds is 7. The van der Waals surface area contributed by atoms with Gasteiger partial charge < -0.3 is 16.2 Å². The van der Waals surface area contributed by atoms with Crippen LogP contribution in [-0.2, 0) is 11.2 Å². The third kappa shape index (κ3) is 5.29. The van der Waals surface area contributed by atoms with Crippen molar-refractivity contribution >= 4 is 5.91 Å². The van der Waals surface area contributed by atoms with Crippen molar-refractivity contribution in [1.82, 2.24) is 5.32 Å². The second-order valence-corrected chi connectivity index (χ2v) is 4.57. The van der Waals surface area contributed by atoms with E-state index in [1.165, 1.54) is 0 Å². The van der Waals surface area contributed by atoms with Gasteiger partial charge in [-0.15, -0.1) is 0 Å². The lowest BCUT2D eigenvalue weighted by Crippen LogP contribution is -2.45. The Labute approximate surface area is 108 Å². The van der Waals surface area contributed by atoms with Crippen molar-refractivity contribution in [2.24, 2.45) is 5.73 Å². The summed E-state index contributed by atoms with van der Waals surface area (Å²) in [6.07, 6.45) is 2.00. The fraction of sp³-hybridized carbons (Fsp3) is 0.500. The zero-order chi connectivity index (χ0) is 13.4. The van der Waals surface area contributed by atoms with Crippen molar-refractivity contribution in [2.45, 2.75) is 38.3 Å². The highest BCUT2D eigenvalue weighted by Crippen LogP contribution is 2.03. The number of carbonyl (C=O) groups excluding carboxylic acids is 1. The third-order valence-electron chi connectivity index (χ3n) is 2.82. The minimum absolute atomic E-state index is 0.0477. The van der Waals surface area contributed by atoms with Crippen molar-refractivity contribution in [1.29, 1.82) is 0 Å². The molecule has 2 unspecified atom stereocenters. The third-order valence-corrected chi connectivity index (χ3v) is 2.82. The molecule has 0 aliphatic rings. The Kier molecular flexibility index (Phi) is 6.39. The first kappa shape index (κ1) is 14.7. The van der Waals surface area contributed by atoms with Crippen molar-refractivity contribution in [3.05, 3.63) is 35.9 Å². The van der Waals surface area contributed by atoms with Crippen LogP contribution in [0.4, 0.5) is 0 Å². The summed E-state index contributed by atoms with van der Waals surface area (Å²) in [5, 5.41) is 11.6. The Morgan fingerprint density at radius 2 is 2.06 bits per heavy atom. The summed E-state index contributed by atoms with van der Waals surface area (Å²) in [5.41, 5.74) is 6.92. The molecule has 0 aliphatic carbocycles. The molecule has 0 heterocycles. The Morgan fingerprint density at radius 1 is 1.39 bits per heavy atom. The standard InChI is InChI=1S/C14H22N2O2/c1-11(6-5-9-17)16-14(18)13(15)10-12-7-3-2-4-8-12/h2-4,7-8,11,13,17H,5-6,9-10,15H2,1H3,(H,16,18). The van der Waals surface area contributed by atoms with Gasteiger partial charge in [-0.2, -0.15) is 0 Å². The predicted molar refractivity (Wildman–Crippen MR) is 72.0 cm³/mol. The lowest BCUT2D eigenvalue weighted by Gasteiger charge is -2.17. The SMILES string of the molecule is CC(CCCO)NC(=O)C(N)Cc1ccccc1. The number of hydrogen-bond donors (Lipinski definition) is 3. The van der Waals surface area contributed by atoms with E-state index in [9.17, 15) is 4.79 Å². The number of hydrogen-bond acceptors (Lipinski definition) is 3. The molecule has 100 valence electrons. The minimum Gasteiger partial charge on any atom is -0.396 e. The highest BCUT2D eigenvalue weighted by molar-refractivity contribution is 5.82. The minimum atomic E-state index is -0.524. The maximum atomic E-state index is 11.8. The fourth-order valence-corrected chi connectivity index (χ4v) is 1.78. The number of nitrogens with two attached hydrogens (primary N) is 1. The molecule has 4 heteroatoms. The van der Waals surface area contributed by atoms with E-state index in [4.69, 9.17) is 10.8 Å². The van der Waals surface area contributed by atoms with Gasteiger partial charge in [-0.1, -0.05) is 30.3 Å². The molecule has 0 fully saturated rings. The summed E-state index contributed by atoms with van der Waals surface area (Å²) in [6.45, 7) is 2.07. The van der Waals surface area contributed by atoms with Crippen molar-refractivity contribution in [3.8, 4) is 0 Å². The Bertz CT molecular complexity index is 354. The van der Waals surface area contributed by atoms with Crippen LogP contribution in [0.3, 0.4) is 0 Å². The average Bonchev–Trinajstić information content (AvgIpc) is 2.37. The molecule has 1 amide bonds. The number of nitrogens with one attached hydrogen (secondary N) is 1. The van der Waals surface area contributed by atoms with Gasteiger partial charge in [0.25, 0.3) is 0 Å². The number of amides is 1. The molecule has 4 N–H and O–H groups in total. The Hall–Kier alpha value is -1.39. The molecule has 2 atom stereocenters. The molecule has 0 saturated carbocycles. The fourth-order valence-electron chi connectivity index (χ4n) is 1.78. The summed E-state index contributed by atoms with van der Waals surface area (Å²) >= 11 is 0. The van der Waals surface area contributed by atoms with Gasteiger partial charge in [-0.05, 0) is 31.7 Å². The van der Waals surface area contributed by atoms with Crippen LogP contribution in [0.5, 0.6) is 0 Å². The molecular weight excluding hydrogens is 228 g/mol. The zero-order valence-electron chi connectivity index (χ0n) is 10.8. The van der Waals surface area contributed by atoms with Crippen molar-refractivity contribution in [3.63, 3.8) is 0 Å². The number of benzene rings is 1. The van der Waals surface area contributed by atoms with Gasteiger partial charge in [0.15, 0.2) is 0 Å². The first-order valence-electron chi connectivity index (χ1n) is 6.34. The number of aliphatic hydroxyl groups is 1. The van der Waals surface area contributed by atoms with Crippen molar-refractivity contribution < 1.29 is 9.90 Å². The van der Waals surface area contributed by atoms with Crippen LogP contribution >= 0.6 is 0 Å². The quantitative estimate of drug-likeness (QED) is 0.671.